The minimum atomic E-state index is -0.642. The molecule has 2 saturated heterocycles. The van der Waals surface area contributed by atoms with Crippen LogP contribution in [-0.4, -0.2) is 76.5 Å². The van der Waals surface area contributed by atoms with Crippen molar-refractivity contribution in [2.45, 2.75) is 45.7 Å². The Morgan fingerprint density at radius 3 is 2.59 bits per heavy atom. The SMILES string of the molecule is Cc1ccc(Cn2ccnc2NC(=O)[C@@H]2CN(C(C)(C)C)C[C@H]2c2ccc(F)cc2F)c(N2CCN(C)C(=O)C2)c1. The number of halogens is 2. The normalized spacial score (nSPS) is 20.1. The Kier molecular flexibility index (Phi) is 7.87. The minimum Gasteiger partial charge on any atom is -0.360 e. The van der Waals surface area contributed by atoms with Gasteiger partial charge < -0.3 is 14.4 Å². The number of rotatable bonds is 6. The van der Waals surface area contributed by atoms with Gasteiger partial charge in [-0.2, -0.15) is 0 Å². The Bertz CT molecular complexity index is 1450. The fraction of sp³-hybridized carbons (Fsp3) is 0.452. The predicted octanol–water partition coefficient (Wildman–Crippen LogP) is 4.25. The number of nitrogens with one attached hydrogen (secondary N) is 1. The molecule has 2 aliphatic rings. The lowest BCUT2D eigenvalue weighted by atomic mass is 9.88. The number of benzene rings is 2. The molecule has 0 bridgehead atoms. The smallest absolute Gasteiger partial charge is 0.241 e. The lowest BCUT2D eigenvalue weighted by molar-refractivity contribution is -0.129. The molecule has 0 radical (unpaired) electrons. The van der Waals surface area contributed by atoms with Gasteiger partial charge in [0, 0.05) is 68.8 Å². The standard InChI is InChI=1S/C31H38F2N6O2/c1-20-6-7-21(27(14-20)37-13-12-36(5)28(40)19-37)16-38-11-10-34-30(38)35-29(41)25-18-39(31(2,3)4)17-24(25)23-9-8-22(32)15-26(23)33/h6-11,14-15,24-25H,12-13,16-19H2,1-5H3,(H,34,35,41)/t24-,25+/m0/s1. The number of piperazine rings is 1. The summed E-state index contributed by atoms with van der Waals surface area (Å²) in [6.45, 7) is 11.3. The molecule has 2 atom stereocenters. The quantitative estimate of drug-likeness (QED) is 0.485. The Balaban J connectivity index is 1.38. The summed E-state index contributed by atoms with van der Waals surface area (Å²) in [7, 11) is 1.82. The van der Waals surface area contributed by atoms with Gasteiger partial charge in [0.2, 0.25) is 17.8 Å². The van der Waals surface area contributed by atoms with E-state index in [0.717, 1.165) is 29.4 Å². The summed E-state index contributed by atoms with van der Waals surface area (Å²) in [5, 5.41) is 2.99. The summed E-state index contributed by atoms with van der Waals surface area (Å²) < 4.78 is 30.4. The van der Waals surface area contributed by atoms with Crippen molar-refractivity contribution in [3.05, 3.63) is 77.1 Å². The molecule has 2 fully saturated rings. The van der Waals surface area contributed by atoms with Gasteiger partial charge in [0.1, 0.15) is 11.6 Å². The molecule has 218 valence electrons. The fourth-order valence-electron chi connectivity index (χ4n) is 5.75. The van der Waals surface area contributed by atoms with Crippen LogP contribution in [0.4, 0.5) is 20.4 Å². The molecule has 2 aliphatic heterocycles. The van der Waals surface area contributed by atoms with Crippen LogP contribution in [0.3, 0.4) is 0 Å². The lowest BCUT2D eigenvalue weighted by Gasteiger charge is -2.35. The van der Waals surface area contributed by atoms with E-state index in [2.05, 4.69) is 46.9 Å². The predicted molar refractivity (Wildman–Crippen MR) is 155 cm³/mol. The summed E-state index contributed by atoms with van der Waals surface area (Å²) in [6.07, 6.45) is 3.44. The van der Waals surface area contributed by atoms with Crippen LogP contribution in [0.5, 0.6) is 0 Å². The topological polar surface area (TPSA) is 73.7 Å². The Morgan fingerprint density at radius 2 is 1.88 bits per heavy atom. The third-order valence-corrected chi connectivity index (χ3v) is 8.30. The molecule has 41 heavy (non-hydrogen) atoms. The summed E-state index contributed by atoms with van der Waals surface area (Å²) in [5.74, 6) is -2.06. The highest BCUT2D eigenvalue weighted by atomic mass is 19.1. The number of aryl methyl sites for hydroxylation is 1. The van der Waals surface area contributed by atoms with Gasteiger partial charge in [-0.25, -0.2) is 13.8 Å². The maximum atomic E-state index is 14.9. The molecule has 3 aromatic rings. The molecule has 0 aliphatic carbocycles. The molecule has 2 amide bonds. The van der Waals surface area contributed by atoms with Gasteiger partial charge in [-0.05, 0) is 56.5 Å². The lowest BCUT2D eigenvalue weighted by Crippen LogP contribution is -2.48. The number of amides is 2. The van der Waals surface area contributed by atoms with E-state index >= 15 is 0 Å². The number of hydrogen-bond donors (Lipinski definition) is 1. The van der Waals surface area contributed by atoms with Gasteiger partial charge in [0.15, 0.2) is 0 Å². The number of imidazole rings is 1. The van der Waals surface area contributed by atoms with Crippen LogP contribution < -0.4 is 10.2 Å². The van der Waals surface area contributed by atoms with Gasteiger partial charge in [-0.1, -0.05) is 18.2 Å². The first-order chi connectivity index (χ1) is 19.4. The first-order valence-corrected chi connectivity index (χ1v) is 14.0. The molecule has 0 unspecified atom stereocenters. The molecule has 10 heteroatoms. The molecule has 0 saturated carbocycles. The molecule has 8 nitrogen and oxygen atoms in total. The number of likely N-dealkylation sites (tertiary alicyclic amines) is 1. The van der Waals surface area contributed by atoms with Crippen molar-refractivity contribution in [1.29, 1.82) is 0 Å². The summed E-state index contributed by atoms with van der Waals surface area (Å²) >= 11 is 0. The zero-order chi connectivity index (χ0) is 29.5. The van der Waals surface area contributed by atoms with Crippen LogP contribution in [0.2, 0.25) is 0 Å². The van der Waals surface area contributed by atoms with Crippen molar-refractivity contribution in [3.63, 3.8) is 0 Å². The maximum Gasteiger partial charge on any atom is 0.241 e. The van der Waals surface area contributed by atoms with Crippen LogP contribution in [0.25, 0.3) is 0 Å². The number of carbonyl (C=O) groups excluding carboxylic acids is 2. The molecule has 1 N–H and O–H groups in total. The number of anilines is 2. The Labute approximate surface area is 239 Å². The van der Waals surface area contributed by atoms with Crippen LogP contribution in [0, 0.1) is 24.5 Å². The molecule has 0 spiro atoms. The minimum absolute atomic E-state index is 0.0762. The first-order valence-electron chi connectivity index (χ1n) is 14.0. The highest BCUT2D eigenvalue weighted by Crippen LogP contribution is 2.38. The first kappa shape index (κ1) is 28.7. The second-order valence-corrected chi connectivity index (χ2v) is 12.2. The van der Waals surface area contributed by atoms with Crippen molar-refractivity contribution in [1.82, 2.24) is 19.4 Å². The summed E-state index contributed by atoms with van der Waals surface area (Å²) in [6, 6.07) is 9.74. The zero-order valence-electron chi connectivity index (χ0n) is 24.3. The van der Waals surface area contributed by atoms with E-state index in [1.165, 1.54) is 12.1 Å². The van der Waals surface area contributed by atoms with Gasteiger partial charge in [0.05, 0.1) is 19.0 Å². The number of aromatic nitrogens is 2. The van der Waals surface area contributed by atoms with Crippen LogP contribution in [0.1, 0.15) is 43.4 Å². The van der Waals surface area contributed by atoms with E-state index in [1.54, 1.807) is 11.1 Å². The largest absolute Gasteiger partial charge is 0.360 e. The fourth-order valence-corrected chi connectivity index (χ4v) is 5.75. The Morgan fingerprint density at radius 1 is 1.10 bits per heavy atom. The van der Waals surface area contributed by atoms with Gasteiger partial charge in [-0.3, -0.25) is 19.8 Å². The van der Waals surface area contributed by atoms with Crippen molar-refractivity contribution >= 4 is 23.5 Å². The van der Waals surface area contributed by atoms with Gasteiger partial charge in [-0.15, -0.1) is 0 Å². The average molecular weight is 565 g/mol. The summed E-state index contributed by atoms with van der Waals surface area (Å²) in [5.41, 5.74) is 3.20. The third kappa shape index (κ3) is 6.12. The average Bonchev–Trinajstić information content (AvgIpc) is 3.54. The van der Waals surface area contributed by atoms with E-state index in [9.17, 15) is 18.4 Å². The van der Waals surface area contributed by atoms with E-state index in [1.807, 2.05) is 36.9 Å². The number of nitrogens with zero attached hydrogens (tertiary/aromatic N) is 5. The second kappa shape index (κ2) is 11.2. The number of likely N-dealkylation sites (N-methyl/N-ethyl adjacent to an activating group) is 1. The molecule has 1 aromatic heterocycles. The van der Waals surface area contributed by atoms with Crippen molar-refractivity contribution in [2.75, 3.05) is 50.0 Å². The molecule has 2 aromatic carbocycles. The highest BCUT2D eigenvalue weighted by Gasteiger charge is 2.43. The Hall–Kier alpha value is -3.79. The molecule has 5 rings (SSSR count). The maximum absolute atomic E-state index is 14.9. The van der Waals surface area contributed by atoms with E-state index < -0.39 is 23.5 Å². The zero-order valence-corrected chi connectivity index (χ0v) is 24.3. The number of hydrogen-bond acceptors (Lipinski definition) is 5. The van der Waals surface area contributed by atoms with E-state index in [-0.39, 0.29) is 17.4 Å². The van der Waals surface area contributed by atoms with Gasteiger partial charge in [0.25, 0.3) is 0 Å². The summed E-state index contributed by atoms with van der Waals surface area (Å²) in [4.78, 5) is 36.6. The van der Waals surface area contributed by atoms with Crippen molar-refractivity contribution in [2.24, 2.45) is 5.92 Å². The van der Waals surface area contributed by atoms with E-state index in [0.29, 0.717) is 44.2 Å². The van der Waals surface area contributed by atoms with Crippen LogP contribution in [-0.2, 0) is 16.1 Å². The van der Waals surface area contributed by atoms with E-state index in [4.69, 9.17) is 0 Å². The van der Waals surface area contributed by atoms with Crippen molar-refractivity contribution < 1.29 is 18.4 Å². The number of carbonyl (C=O) groups is 2. The highest BCUT2D eigenvalue weighted by molar-refractivity contribution is 5.92. The van der Waals surface area contributed by atoms with Gasteiger partial charge >= 0.3 is 0 Å². The third-order valence-electron chi connectivity index (χ3n) is 8.30. The monoisotopic (exact) mass is 564 g/mol. The van der Waals surface area contributed by atoms with Crippen LogP contribution >= 0.6 is 0 Å². The molecular formula is C31H38F2N6O2. The van der Waals surface area contributed by atoms with Crippen LogP contribution in [0.15, 0.2) is 48.8 Å². The van der Waals surface area contributed by atoms with Crippen molar-refractivity contribution in [3.8, 4) is 0 Å². The molecule has 3 heterocycles. The molecular weight excluding hydrogens is 526 g/mol. The second-order valence-electron chi connectivity index (χ2n) is 12.2.